The van der Waals surface area contributed by atoms with Gasteiger partial charge in [0.25, 0.3) is 0 Å². The molecule has 78 valence electrons. The molecular formula is C9H11FO3S. The van der Waals surface area contributed by atoms with E-state index in [0.717, 1.165) is 12.1 Å². The van der Waals surface area contributed by atoms with Crippen molar-refractivity contribution in [3.63, 3.8) is 0 Å². The van der Waals surface area contributed by atoms with E-state index in [9.17, 15) is 12.8 Å². The van der Waals surface area contributed by atoms with Crippen molar-refractivity contribution in [3.05, 3.63) is 29.6 Å². The Morgan fingerprint density at radius 1 is 1.43 bits per heavy atom. The van der Waals surface area contributed by atoms with Gasteiger partial charge in [-0.2, -0.15) is 0 Å². The van der Waals surface area contributed by atoms with Crippen molar-refractivity contribution >= 4 is 9.84 Å². The molecule has 5 heteroatoms. The van der Waals surface area contributed by atoms with Gasteiger partial charge >= 0.3 is 0 Å². The summed E-state index contributed by atoms with van der Waals surface area (Å²) >= 11 is 0. The summed E-state index contributed by atoms with van der Waals surface area (Å²) in [6, 6.07) is 3.53. The third-order valence-corrected chi connectivity index (χ3v) is 3.49. The number of halogens is 1. The summed E-state index contributed by atoms with van der Waals surface area (Å²) in [6.07, 6.45) is 0. The van der Waals surface area contributed by atoms with Crippen LogP contribution >= 0.6 is 0 Å². The highest BCUT2D eigenvalue weighted by molar-refractivity contribution is 7.90. The molecule has 1 aromatic rings. The second-order valence-corrected chi connectivity index (χ2v) is 5.32. The monoisotopic (exact) mass is 218 g/mol. The van der Waals surface area contributed by atoms with Crippen LogP contribution in [0.15, 0.2) is 18.2 Å². The lowest BCUT2D eigenvalue weighted by atomic mass is 10.2. The summed E-state index contributed by atoms with van der Waals surface area (Å²) in [5, 5.41) is 9.00. The molecule has 1 N–H and O–H groups in total. The molecule has 0 bridgehead atoms. The molecule has 0 aliphatic rings. The lowest BCUT2D eigenvalue weighted by Crippen LogP contribution is -2.06. The molecule has 14 heavy (non-hydrogen) atoms. The van der Waals surface area contributed by atoms with Crippen molar-refractivity contribution in [1.29, 1.82) is 0 Å². The summed E-state index contributed by atoms with van der Waals surface area (Å²) < 4.78 is 35.0. The van der Waals surface area contributed by atoms with E-state index in [-0.39, 0.29) is 11.5 Å². The molecule has 1 rings (SSSR count). The molecule has 1 aromatic carbocycles. The second kappa shape index (κ2) is 3.96. The molecule has 0 heterocycles. The quantitative estimate of drug-likeness (QED) is 0.835. The highest BCUT2D eigenvalue weighted by atomic mass is 32.2. The molecule has 3 nitrogen and oxygen atoms in total. The largest absolute Gasteiger partial charge is 0.505 e. The highest BCUT2D eigenvalue weighted by Crippen LogP contribution is 2.18. The zero-order valence-electron chi connectivity index (χ0n) is 7.70. The van der Waals surface area contributed by atoms with Gasteiger partial charge in [0.05, 0.1) is 5.75 Å². The molecule has 0 aromatic heterocycles. The van der Waals surface area contributed by atoms with Crippen molar-refractivity contribution in [2.24, 2.45) is 0 Å². The van der Waals surface area contributed by atoms with Gasteiger partial charge < -0.3 is 5.11 Å². The van der Waals surface area contributed by atoms with Crippen LogP contribution in [0.3, 0.4) is 0 Å². The normalized spacial score (nSPS) is 11.6. The van der Waals surface area contributed by atoms with Crippen LogP contribution in [0.5, 0.6) is 5.75 Å². The molecule has 0 unspecified atom stereocenters. The Kier molecular flexibility index (Phi) is 3.10. The molecule has 0 saturated heterocycles. The molecule has 0 atom stereocenters. The van der Waals surface area contributed by atoms with E-state index < -0.39 is 21.4 Å². The van der Waals surface area contributed by atoms with E-state index >= 15 is 0 Å². The maximum absolute atomic E-state index is 12.6. The minimum Gasteiger partial charge on any atom is -0.505 e. The number of rotatable bonds is 3. The molecular weight excluding hydrogens is 207 g/mol. The number of phenolic OH excluding ortho intramolecular Hbond substituents is 1. The maximum atomic E-state index is 12.6. The number of sulfone groups is 1. The van der Waals surface area contributed by atoms with Crippen molar-refractivity contribution in [2.45, 2.75) is 12.7 Å². The number of hydrogen-bond acceptors (Lipinski definition) is 3. The fourth-order valence-corrected chi connectivity index (χ4v) is 1.90. The van der Waals surface area contributed by atoms with Gasteiger partial charge in [0.2, 0.25) is 0 Å². The number of benzene rings is 1. The van der Waals surface area contributed by atoms with Crippen LogP contribution in [0.2, 0.25) is 0 Å². The SMILES string of the molecule is CCS(=O)(=O)Cc1ccc(F)c(O)c1. The lowest BCUT2D eigenvalue weighted by molar-refractivity contribution is 0.432. The third-order valence-electron chi connectivity index (χ3n) is 1.84. The standard InChI is InChI=1S/C9H11FO3S/c1-2-14(12,13)6-7-3-4-8(10)9(11)5-7/h3-5,11H,2,6H2,1H3. The van der Waals surface area contributed by atoms with Crippen LogP contribution in [0.1, 0.15) is 12.5 Å². The van der Waals surface area contributed by atoms with Crippen molar-refractivity contribution < 1.29 is 17.9 Å². The van der Waals surface area contributed by atoms with E-state index in [1.165, 1.54) is 6.07 Å². The first-order valence-corrected chi connectivity index (χ1v) is 5.94. The van der Waals surface area contributed by atoms with Crippen LogP contribution in [-0.4, -0.2) is 19.3 Å². The summed E-state index contributed by atoms with van der Waals surface area (Å²) in [6.45, 7) is 1.54. The zero-order chi connectivity index (χ0) is 10.8. The van der Waals surface area contributed by atoms with Gasteiger partial charge in [0.15, 0.2) is 21.4 Å². The van der Waals surface area contributed by atoms with Gasteiger partial charge in [-0.25, -0.2) is 12.8 Å². The fourth-order valence-electron chi connectivity index (χ4n) is 1.00. The van der Waals surface area contributed by atoms with Gasteiger partial charge in [0, 0.05) is 5.75 Å². The van der Waals surface area contributed by atoms with Crippen molar-refractivity contribution in [2.75, 3.05) is 5.75 Å². The van der Waals surface area contributed by atoms with E-state index in [4.69, 9.17) is 5.11 Å². The first-order valence-electron chi connectivity index (χ1n) is 4.12. The molecule has 0 radical (unpaired) electrons. The minimum absolute atomic E-state index is 0.0329. The topological polar surface area (TPSA) is 54.4 Å². The Balaban J connectivity index is 2.94. The van der Waals surface area contributed by atoms with Crippen LogP contribution in [0.4, 0.5) is 4.39 Å². The number of aromatic hydroxyl groups is 1. The average Bonchev–Trinajstić information content (AvgIpc) is 2.11. The first kappa shape index (κ1) is 11.0. The zero-order valence-corrected chi connectivity index (χ0v) is 8.51. The maximum Gasteiger partial charge on any atom is 0.164 e. The lowest BCUT2D eigenvalue weighted by Gasteiger charge is -2.02. The number of phenols is 1. The van der Waals surface area contributed by atoms with E-state index in [0.29, 0.717) is 5.56 Å². The van der Waals surface area contributed by atoms with Gasteiger partial charge in [-0.15, -0.1) is 0 Å². The molecule has 0 aliphatic heterocycles. The average molecular weight is 218 g/mol. The predicted molar refractivity (Wildman–Crippen MR) is 51.2 cm³/mol. The van der Waals surface area contributed by atoms with Crippen LogP contribution < -0.4 is 0 Å². The Morgan fingerprint density at radius 3 is 2.57 bits per heavy atom. The molecule has 0 aliphatic carbocycles. The second-order valence-electron chi connectivity index (χ2n) is 2.96. The Labute approximate surface area is 82.1 Å². The summed E-state index contributed by atoms with van der Waals surface area (Å²) in [5.74, 6) is -1.40. The minimum atomic E-state index is -3.14. The molecule has 0 spiro atoms. The van der Waals surface area contributed by atoms with Gasteiger partial charge in [0.1, 0.15) is 0 Å². The molecule has 0 amide bonds. The van der Waals surface area contributed by atoms with E-state index in [2.05, 4.69) is 0 Å². The van der Waals surface area contributed by atoms with Crippen LogP contribution in [0.25, 0.3) is 0 Å². The summed E-state index contributed by atoms with van der Waals surface area (Å²) in [4.78, 5) is 0. The summed E-state index contributed by atoms with van der Waals surface area (Å²) in [7, 11) is -3.14. The highest BCUT2D eigenvalue weighted by Gasteiger charge is 2.10. The predicted octanol–water partition coefficient (Wildman–Crippen LogP) is 1.47. The van der Waals surface area contributed by atoms with Crippen LogP contribution in [0, 0.1) is 5.82 Å². The first-order chi connectivity index (χ1) is 6.44. The van der Waals surface area contributed by atoms with Gasteiger partial charge in [-0.1, -0.05) is 13.0 Å². The fraction of sp³-hybridized carbons (Fsp3) is 0.333. The number of hydrogen-bond donors (Lipinski definition) is 1. The smallest absolute Gasteiger partial charge is 0.164 e. The van der Waals surface area contributed by atoms with E-state index in [1.54, 1.807) is 6.92 Å². The molecule has 0 fully saturated rings. The summed E-state index contributed by atoms with van der Waals surface area (Å²) in [5.41, 5.74) is 0.394. The van der Waals surface area contributed by atoms with Gasteiger partial charge in [-0.3, -0.25) is 0 Å². The Bertz CT molecular complexity index is 426. The molecule has 0 saturated carbocycles. The van der Waals surface area contributed by atoms with Crippen molar-refractivity contribution in [3.8, 4) is 5.75 Å². The Hall–Kier alpha value is -1.10. The van der Waals surface area contributed by atoms with E-state index in [1.807, 2.05) is 0 Å². The van der Waals surface area contributed by atoms with Crippen molar-refractivity contribution in [1.82, 2.24) is 0 Å². The van der Waals surface area contributed by atoms with Gasteiger partial charge in [-0.05, 0) is 17.7 Å². The Morgan fingerprint density at radius 2 is 2.07 bits per heavy atom. The third kappa shape index (κ3) is 2.70. The van der Waals surface area contributed by atoms with Crippen LogP contribution in [-0.2, 0) is 15.6 Å².